The molecule has 0 aromatic carbocycles. The Balaban J connectivity index is 0.000000162. The van der Waals surface area contributed by atoms with Gasteiger partial charge in [-0.1, -0.05) is 0 Å². The molecule has 1 aliphatic heterocycles. The Bertz CT molecular complexity index is 104. The fourth-order valence-corrected chi connectivity index (χ4v) is 0.442. The normalized spacial score (nSPS) is 17.9. The molecule has 62 valence electrons. The van der Waals surface area contributed by atoms with Crippen LogP contribution in [-0.4, -0.2) is 27.8 Å². The monoisotopic (exact) mass is 170 g/mol. The highest BCUT2D eigenvalue weighted by atomic mass is 31.2. The Morgan fingerprint density at radius 1 is 1.10 bits per heavy atom. The van der Waals surface area contributed by atoms with Gasteiger partial charge in [-0.15, -0.1) is 0 Å². The summed E-state index contributed by atoms with van der Waals surface area (Å²) in [5.74, 6) is 0. The smallest absolute Gasteiger partial charge is 0.303 e. The molecular weight excluding hydrogens is 159 g/mol. The van der Waals surface area contributed by atoms with Gasteiger partial charge in [-0.2, -0.15) is 0 Å². The van der Waals surface area contributed by atoms with Gasteiger partial charge in [-0.25, -0.2) is 4.57 Å². The van der Waals surface area contributed by atoms with E-state index >= 15 is 0 Å². The lowest BCUT2D eigenvalue weighted by Gasteiger charge is -1.82. The molecule has 7 heteroatoms. The summed E-state index contributed by atoms with van der Waals surface area (Å²) in [6.45, 7) is 2.28. The molecule has 0 bridgehead atoms. The highest BCUT2D eigenvalue weighted by Crippen LogP contribution is 2.25. The van der Waals surface area contributed by atoms with Crippen molar-refractivity contribution in [1.82, 2.24) is 10.9 Å². The molecule has 1 rings (SSSR count). The van der Waals surface area contributed by atoms with Crippen LogP contribution in [0.25, 0.3) is 0 Å². The van der Waals surface area contributed by atoms with E-state index in [-0.39, 0.29) is 0 Å². The van der Waals surface area contributed by atoms with E-state index in [0.29, 0.717) is 0 Å². The van der Waals surface area contributed by atoms with Crippen molar-refractivity contribution in [3.8, 4) is 0 Å². The average molecular weight is 170 g/mol. The molecule has 0 aromatic heterocycles. The first kappa shape index (κ1) is 10.0. The minimum Gasteiger partial charge on any atom is -0.303 e. The minimum atomic E-state index is -4.64. The summed E-state index contributed by atoms with van der Waals surface area (Å²) in [5, 5.41) is 0. The van der Waals surface area contributed by atoms with Crippen molar-refractivity contribution in [2.45, 2.75) is 6.42 Å². The van der Waals surface area contributed by atoms with E-state index in [1.807, 2.05) is 0 Å². The van der Waals surface area contributed by atoms with Gasteiger partial charge < -0.3 is 14.7 Å². The second-order valence-electron chi connectivity index (χ2n) is 1.72. The highest BCUT2D eigenvalue weighted by Gasteiger charge is 2.00. The summed E-state index contributed by atoms with van der Waals surface area (Å²) in [6.07, 6.45) is 1.28. The zero-order chi connectivity index (χ0) is 8.04. The average Bonchev–Trinajstić information content (AvgIpc) is 2.07. The van der Waals surface area contributed by atoms with Crippen molar-refractivity contribution in [2.75, 3.05) is 13.1 Å². The molecule has 0 amide bonds. The molecule has 0 unspecified atom stereocenters. The van der Waals surface area contributed by atoms with E-state index in [2.05, 4.69) is 10.9 Å². The van der Waals surface area contributed by atoms with Gasteiger partial charge in [0, 0.05) is 13.1 Å². The van der Waals surface area contributed by atoms with E-state index < -0.39 is 7.82 Å². The SMILES string of the molecule is C1CNNC1.O=P(O)(O)O. The van der Waals surface area contributed by atoms with Crippen LogP contribution < -0.4 is 10.9 Å². The molecule has 10 heavy (non-hydrogen) atoms. The first-order chi connectivity index (χ1) is 4.50. The Hall–Kier alpha value is 0.0300. The second kappa shape index (κ2) is 4.79. The summed E-state index contributed by atoms with van der Waals surface area (Å²) >= 11 is 0. The van der Waals surface area contributed by atoms with Crippen molar-refractivity contribution in [1.29, 1.82) is 0 Å². The first-order valence-corrected chi connectivity index (χ1v) is 4.30. The number of hydrazine groups is 1. The van der Waals surface area contributed by atoms with Gasteiger partial charge in [0.15, 0.2) is 0 Å². The summed E-state index contributed by atoms with van der Waals surface area (Å²) < 4.78 is 8.88. The fraction of sp³-hybridized carbons (Fsp3) is 1.00. The largest absolute Gasteiger partial charge is 0.466 e. The standard InChI is InChI=1S/C3H8N2.H3O4P/c1-2-4-5-3-1;1-5(2,3)4/h4-5H,1-3H2;(H3,1,2,3,4). The lowest BCUT2D eigenvalue weighted by Crippen LogP contribution is -2.21. The van der Waals surface area contributed by atoms with Crippen LogP contribution in [0.15, 0.2) is 0 Å². The predicted molar refractivity (Wildman–Crippen MR) is 34.9 cm³/mol. The van der Waals surface area contributed by atoms with Crippen LogP contribution >= 0.6 is 7.82 Å². The van der Waals surface area contributed by atoms with Gasteiger partial charge in [0.05, 0.1) is 0 Å². The van der Waals surface area contributed by atoms with Gasteiger partial charge in [0.2, 0.25) is 0 Å². The molecule has 0 atom stereocenters. The maximum atomic E-state index is 8.88. The molecule has 1 fully saturated rings. The molecule has 0 radical (unpaired) electrons. The van der Waals surface area contributed by atoms with Crippen LogP contribution in [0.5, 0.6) is 0 Å². The van der Waals surface area contributed by atoms with Crippen LogP contribution in [-0.2, 0) is 4.57 Å². The lowest BCUT2D eigenvalue weighted by molar-refractivity contribution is 0.275. The van der Waals surface area contributed by atoms with Crippen LogP contribution in [0.2, 0.25) is 0 Å². The summed E-state index contributed by atoms with van der Waals surface area (Å²) in [4.78, 5) is 21.6. The third-order valence-electron chi connectivity index (χ3n) is 0.729. The van der Waals surface area contributed by atoms with Gasteiger partial charge >= 0.3 is 7.82 Å². The van der Waals surface area contributed by atoms with E-state index in [9.17, 15) is 0 Å². The molecule has 1 saturated heterocycles. The van der Waals surface area contributed by atoms with Crippen molar-refractivity contribution in [3.63, 3.8) is 0 Å². The summed E-state index contributed by atoms with van der Waals surface area (Å²) in [5.41, 5.74) is 5.94. The molecule has 0 spiro atoms. The van der Waals surface area contributed by atoms with E-state index in [4.69, 9.17) is 19.2 Å². The zero-order valence-electron chi connectivity index (χ0n) is 5.32. The van der Waals surface area contributed by atoms with E-state index in [1.165, 1.54) is 6.42 Å². The van der Waals surface area contributed by atoms with E-state index in [0.717, 1.165) is 13.1 Å². The van der Waals surface area contributed by atoms with Gasteiger partial charge in [-0.05, 0) is 6.42 Å². The molecule has 1 heterocycles. The number of phosphoric acid groups is 1. The van der Waals surface area contributed by atoms with Gasteiger partial charge in [-0.3, -0.25) is 10.9 Å². The number of nitrogens with one attached hydrogen (secondary N) is 2. The quantitative estimate of drug-likeness (QED) is 0.285. The Kier molecular flexibility index (Phi) is 4.80. The predicted octanol–water partition coefficient (Wildman–Crippen LogP) is -1.44. The van der Waals surface area contributed by atoms with Crippen molar-refractivity contribution in [2.24, 2.45) is 0 Å². The van der Waals surface area contributed by atoms with Crippen LogP contribution in [0.1, 0.15) is 6.42 Å². The van der Waals surface area contributed by atoms with Gasteiger partial charge in [0.1, 0.15) is 0 Å². The number of hydrogen-bond donors (Lipinski definition) is 5. The molecule has 0 saturated carbocycles. The third-order valence-corrected chi connectivity index (χ3v) is 0.729. The number of hydrogen-bond acceptors (Lipinski definition) is 3. The van der Waals surface area contributed by atoms with Crippen molar-refractivity contribution < 1.29 is 19.2 Å². The van der Waals surface area contributed by atoms with Crippen molar-refractivity contribution >= 4 is 7.82 Å². The fourth-order valence-electron chi connectivity index (χ4n) is 0.442. The van der Waals surface area contributed by atoms with E-state index in [1.54, 1.807) is 0 Å². The lowest BCUT2D eigenvalue weighted by atomic mass is 10.5. The Morgan fingerprint density at radius 2 is 1.40 bits per heavy atom. The molecule has 5 N–H and O–H groups in total. The highest BCUT2D eigenvalue weighted by molar-refractivity contribution is 7.45. The minimum absolute atomic E-state index is 1.14. The van der Waals surface area contributed by atoms with Crippen LogP contribution in [0.4, 0.5) is 0 Å². The Morgan fingerprint density at radius 3 is 1.50 bits per heavy atom. The third kappa shape index (κ3) is 15.7. The molecule has 1 aliphatic rings. The Labute approximate surface area is 58.5 Å². The zero-order valence-corrected chi connectivity index (χ0v) is 6.21. The van der Waals surface area contributed by atoms with Gasteiger partial charge in [0.25, 0.3) is 0 Å². The van der Waals surface area contributed by atoms with Crippen molar-refractivity contribution in [3.05, 3.63) is 0 Å². The first-order valence-electron chi connectivity index (χ1n) is 2.74. The number of rotatable bonds is 0. The summed E-state index contributed by atoms with van der Waals surface area (Å²) in [7, 11) is -4.64. The molecular formula is C3H11N2O4P. The second-order valence-corrected chi connectivity index (χ2v) is 2.75. The topological polar surface area (TPSA) is 102 Å². The maximum absolute atomic E-state index is 8.88. The van der Waals surface area contributed by atoms with Crippen LogP contribution in [0, 0.1) is 0 Å². The van der Waals surface area contributed by atoms with Crippen LogP contribution in [0.3, 0.4) is 0 Å². The summed E-state index contributed by atoms with van der Waals surface area (Å²) in [6, 6.07) is 0. The molecule has 6 nitrogen and oxygen atoms in total. The maximum Gasteiger partial charge on any atom is 0.466 e. The molecule has 0 aromatic rings. The molecule has 0 aliphatic carbocycles.